The minimum absolute atomic E-state index is 0.0294. The fourth-order valence-corrected chi connectivity index (χ4v) is 1.95. The molecule has 1 N–H and O–H groups in total. The molecule has 0 aliphatic heterocycles. The highest BCUT2D eigenvalue weighted by Gasteiger charge is 2.16. The Bertz CT molecular complexity index is 899. The number of halogens is 1. The molecule has 0 aromatic heterocycles. The van der Waals surface area contributed by atoms with Gasteiger partial charge in [-0.15, -0.1) is 0 Å². The van der Waals surface area contributed by atoms with Gasteiger partial charge in [0.25, 0.3) is 0 Å². The van der Waals surface area contributed by atoms with Gasteiger partial charge in [-0.05, 0) is 35.9 Å². The van der Waals surface area contributed by atoms with Gasteiger partial charge < -0.3 is 14.6 Å². The number of carbonyl (C=O) groups is 2. The molecule has 0 aliphatic carbocycles. The molecule has 0 saturated carbocycles. The molecular formula is C18H12FNO5. The molecule has 25 heavy (non-hydrogen) atoms. The van der Waals surface area contributed by atoms with Crippen LogP contribution in [-0.2, 0) is 4.79 Å². The van der Waals surface area contributed by atoms with Gasteiger partial charge >= 0.3 is 11.9 Å². The number of nitrogens with zero attached hydrogens (tertiary/aromatic N) is 1. The second-order valence-corrected chi connectivity index (χ2v) is 4.75. The summed E-state index contributed by atoms with van der Waals surface area (Å²) in [6, 6.07) is 11.1. The number of esters is 1. The molecule has 6 nitrogen and oxygen atoms in total. The number of benzene rings is 2. The molecule has 0 heterocycles. The third-order valence-electron chi connectivity index (χ3n) is 3.15. The van der Waals surface area contributed by atoms with Crippen LogP contribution in [0.5, 0.6) is 11.5 Å². The zero-order valence-electron chi connectivity index (χ0n) is 13.0. The van der Waals surface area contributed by atoms with Crippen molar-refractivity contribution in [2.24, 2.45) is 0 Å². The number of hydrogen-bond acceptors (Lipinski definition) is 5. The van der Waals surface area contributed by atoms with E-state index < -0.39 is 23.3 Å². The normalized spacial score (nSPS) is 10.7. The first kappa shape index (κ1) is 17.7. The van der Waals surface area contributed by atoms with Crippen molar-refractivity contribution >= 4 is 18.0 Å². The van der Waals surface area contributed by atoms with Crippen LogP contribution in [-0.4, -0.2) is 24.2 Å². The number of rotatable bonds is 5. The van der Waals surface area contributed by atoms with E-state index in [1.165, 1.54) is 43.5 Å². The molecular weight excluding hydrogens is 329 g/mol. The minimum Gasteiger partial charge on any atom is -0.493 e. The van der Waals surface area contributed by atoms with Gasteiger partial charge in [0.1, 0.15) is 17.5 Å². The fraction of sp³-hybridized carbons (Fsp3) is 0.0556. The van der Waals surface area contributed by atoms with Crippen molar-refractivity contribution < 1.29 is 28.6 Å². The van der Waals surface area contributed by atoms with Gasteiger partial charge in [-0.25, -0.2) is 14.0 Å². The van der Waals surface area contributed by atoms with Crippen molar-refractivity contribution in [3.05, 3.63) is 65.0 Å². The van der Waals surface area contributed by atoms with Crippen LogP contribution in [0.4, 0.5) is 4.39 Å². The maximum atomic E-state index is 13.6. The summed E-state index contributed by atoms with van der Waals surface area (Å²) in [5.41, 5.74) is -0.328. The van der Waals surface area contributed by atoms with E-state index in [9.17, 15) is 14.0 Å². The summed E-state index contributed by atoms with van der Waals surface area (Å²) in [5.74, 6) is -2.83. The van der Waals surface area contributed by atoms with E-state index in [2.05, 4.69) is 0 Å². The highest BCUT2D eigenvalue weighted by molar-refractivity contribution is 5.96. The Kier molecular flexibility index (Phi) is 5.48. The molecule has 2 aromatic carbocycles. The number of ether oxygens (including phenoxy) is 2. The van der Waals surface area contributed by atoms with Crippen molar-refractivity contribution in [2.45, 2.75) is 0 Å². The van der Waals surface area contributed by atoms with Crippen molar-refractivity contribution in [2.75, 3.05) is 7.11 Å². The SMILES string of the molecule is COc1cc(/C=C(\C#N)C(=O)O)ccc1OC(=O)c1ccccc1F. The number of aliphatic carboxylic acids is 1. The number of carbonyl (C=O) groups excluding carboxylic acids is 1. The van der Waals surface area contributed by atoms with Gasteiger partial charge in [-0.3, -0.25) is 0 Å². The summed E-state index contributed by atoms with van der Waals surface area (Å²) < 4.78 is 23.9. The zero-order valence-corrected chi connectivity index (χ0v) is 13.0. The molecule has 0 unspecified atom stereocenters. The zero-order chi connectivity index (χ0) is 18.4. The lowest BCUT2D eigenvalue weighted by molar-refractivity contribution is -0.132. The first-order valence-corrected chi connectivity index (χ1v) is 6.96. The summed E-state index contributed by atoms with van der Waals surface area (Å²) in [6.45, 7) is 0. The molecule has 2 rings (SSSR count). The number of carboxylic acids is 1. The van der Waals surface area contributed by atoms with Crippen molar-refractivity contribution in [1.29, 1.82) is 5.26 Å². The van der Waals surface area contributed by atoms with E-state index in [1.807, 2.05) is 0 Å². The molecule has 126 valence electrons. The minimum atomic E-state index is -1.36. The lowest BCUT2D eigenvalue weighted by Crippen LogP contribution is -2.11. The van der Waals surface area contributed by atoms with Gasteiger partial charge in [0.05, 0.1) is 12.7 Å². The van der Waals surface area contributed by atoms with Crippen LogP contribution in [0, 0.1) is 17.1 Å². The Morgan fingerprint density at radius 2 is 1.92 bits per heavy atom. The third-order valence-corrected chi connectivity index (χ3v) is 3.15. The molecule has 7 heteroatoms. The van der Waals surface area contributed by atoms with Crippen molar-refractivity contribution in [3.8, 4) is 17.6 Å². The van der Waals surface area contributed by atoms with Gasteiger partial charge in [0, 0.05) is 0 Å². The predicted octanol–water partition coefficient (Wildman–Crippen LogP) is 3.05. The summed E-state index contributed by atoms with van der Waals surface area (Å²) in [5, 5.41) is 17.6. The molecule has 0 saturated heterocycles. The second-order valence-electron chi connectivity index (χ2n) is 4.75. The van der Waals surface area contributed by atoms with Crippen LogP contribution < -0.4 is 9.47 Å². The smallest absolute Gasteiger partial charge is 0.346 e. The van der Waals surface area contributed by atoms with Crippen LogP contribution in [0.25, 0.3) is 6.08 Å². The van der Waals surface area contributed by atoms with Crippen LogP contribution in [0.2, 0.25) is 0 Å². The number of carboxylic acid groups (broad SMARTS) is 1. The summed E-state index contributed by atoms with van der Waals surface area (Å²) >= 11 is 0. The second kappa shape index (κ2) is 7.75. The van der Waals surface area contributed by atoms with Gasteiger partial charge in [-0.2, -0.15) is 5.26 Å². The highest BCUT2D eigenvalue weighted by Crippen LogP contribution is 2.30. The molecule has 0 amide bonds. The van der Waals surface area contributed by atoms with E-state index in [4.69, 9.17) is 19.8 Å². The number of hydrogen-bond donors (Lipinski definition) is 1. The van der Waals surface area contributed by atoms with Gasteiger partial charge in [0.15, 0.2) is 11.5 Å². The van der Waals surface area contributed by atoms with Crippen LogP contribution in [0.1, 0.15) is 15.9 Å². The molecule has 0 radical (unpaired) electrons. The Hall–Kier alpha value is -3.66. The monoisotopic (exact) mass is 341 g/mol. The Balaban J connectivity index is 2.31. The van der Waals surface area contributed by atoms with Crippen LogP contribution >= 0.6 is 0 Å². The Morgan fingerprint density at radius 1 is 1.20 bits per heavy atom. The maximum Gasteiger partial charge on any atom is 0.346 e. The topological polar surface area (TPSA) is 96.6 Å². The third kappa shape index (κ3) is 4.20. The van der Waals surface area contributed by atoms with E-state index >= 15 is 0 Å². The highest BCUT2D eigenvalue weighted by atomic mass is 19.1. The molecule has 0 fully saturated rings. The molecule has 0 atom stereocenters. The number of methoxy groups -OCH3 is 1. The number of nitriles is 1. The molecule has 0 spiro atoms. The first-order valence-electron chi connectivity index (χ1n) is 6.96. The summed E-state index contributed by atoms with van der Waals surface area (Å²) in [4.78, 5) is 22.9. The van der Waals surface area contributed by atoms with Crippen LogP contribution in [0.3, 0.4) is 0 Å². The van der Waals surface area contributed by atoms with Gasteiger partial charge in [0.2, 0.25) is 0 Å². The predicted molar refractivity (Wildman–Crippen MR) is 85.6 cm³/mol. The lowest BCUT2D eigenvalue weighted by atomic mass is 10.1. The Labute approximate surface area is 142 Å². The van der Waals surface area contributed by atoms with E-state index in [0.717, 1.165) is 12.1 Å². The van der Waals surface area contributed by atoms with Crippen LogP contribution in [0.15, 0.2) is 48.0 Å². The lowest BCUT2D eigenvalue weighted by Gasteiger charge is -2.10. The largest absolute Gasteiger partial charge is 0.493 e. The van der Waals surface area contributed by atoms with E-state index in [0.29, 0.717) is 5.56 Å². The maximum absolute atomic E-state index is 13.6. The average molecular weight is 341 g/mol. The van der Waals surface area contributed by atoms with Crippen molar-refractivity contribution in [3.63, 3.8) is 0 Å². The first-order chi connectivity index (χ1) is 12.0. The van der Waals surface area contributed by atoms with E-state index in [1.54, 1.807) is 6.07 Å². The summed E-state index contributed by atoms with van der Waals surface area (Å²) in [6.07, 6.45) is 1.15. The molecule has 0 aliphatic rings. The molecule has 0 bridgehead atoms. The van der Waals surface area contributed by atoms with Crippen molar-refractivity contribution in [1.82, 2.24) is 0 Å². The summed E-state index contributed by atoms with van der Waals surface area (Å²) in [7, 11) is 1.33. The average Bonchev–Trinajstić information content (AvgIpc) is 2.60. The Morgan fingerprint density at radius 3 is 2.52 bits per heavy atom. The van der Waals surface area contributed by atoms with Gasteiger partial charge in [-0.1, -0.05) is 18.2 Å². The quantitative estimate of drug-likeness (QED) is 0.389. The standard InChI is InChI=1S/C18H12FNO5/c1-24-16-9-11(8-12(10-20)17(21)22)6-7-15(16)25-18(23)13-4-2-3-5-14(13)19/h2-9H,1H3,(H,21,22)/b12-8+. The molecule has 2 aromatic rings. The fourth-order valence-electron chi connectivity index (χ4n) is 1.95. The van der Waals surface area contributed by atoms with E-state index in [-0.39, 0.29) is 17.1 Å².